The predicted molar refractivity (Wildman–Crippen MR) is 94.0 cm³/mol. The molecular weight excluding hydrogens is 302 g/mol. The van der Waals surface area contributed by atoms with Crippen molar-refractivity contribution in [3.8, 4) is 0 Å². The molecule has 2 N–H and O–H groups in total. The number of hydrogen-bond donors (Lipinski definition) is 2. The van der Waals surface area contributed by atoms with E-state index in [1.165, 1.54) is 32.1 Å². The summed E-state index contributed by atoms with van der Waals surface area (Å²) < 4.78 is 1.82. The number of anilines is 1. The van der Waals surface area contributed by atoms with Crippen molar-refractivity contribution in [2.75, 3.05) is 11.9 Å². The summed E-state index contributed by atoms with van der Waals surface area (Å²) in [6.07, 6.45) is 11.9. The van der Waals surface area contributed by atoms with E-state index < -0.39 is 5.60 Å². The van der Waals surface area contributed by atoms with Crippen LogP contribution in [0.15, 0.2) is 6.20 Å². The van der Waals surface area contributed by atoms with Crippen LogP contribution in [0.3, 0.4) is 0 Å². The molecule has 6 nitrogen and oxygen atoms in total. The van der Waals surface area contributed by atoms with Gasteiger partial charge in [0.15, 0.2) is 5.65 Å². The van der Waals surface area contributed by atoms with Crippen LogP contribution in [0.25, 0.3) is 11.0 Å². The Morgan fingerprint density at radius 1 is 1.17 bits per heavy atom. The SMILES string of the molecule is Cn1ncc2c(NCC3(O)CCCCC3)nc(C3CCCC3)nc21. The Balaban J connectivity index is 1.63. The zero-order valence-corrected chi connectivity index (χ0v) is 14.5. The first-order chi connectivity index (χ1) is 11.6. The topological polar surface area (TPSA) is 75.9 Å². The van der Waals surface area contributed by atoms with Crippen molar-refractivity contribution in [1.29, 1.82) is 0 Å². The number of aliphatic hydroxyl groups is 1. The van der Waals surface area contributed by atoms with Gasteiger partial charge in [-0.3, -0.25) is 4.68 Å². The summed E-state index contributed by atoms with van der Waals surface area (Å²) in [6.45, 7) is 0.554. The molecular formula is C18H27N5O. The van der Waals surface area contributed by atoms with Gasteiger partial charge in [0.1, 0.15) is 11.6 Å². The van der Waals surface area contributed by atoms with Crippen LogP contribution in [0.5, 0.6) is 0 Å². The molecule has 0 amide bonds. The first kappa shape index (κ1) is 15.8. The Bertz CT molecular complexity index is 714. The Hall–Kier alpha value is -1.69. The van der Waals surface area contributed by atoms with E-state index >= 15 is 0 Å². The molecule has 0 bridgehead atoms. The number of nitrogens with one attached hydrogen (secondary N) is 1. The van der Waals surface area contributed by atoms with Crippen molar-refractivity contribution in [3.05, 3.63) is 12.0 Å². The molecule has 2 heterocycles. The van der Waals surface area contributed by atoms with Gasteiger partial charge in [0.25, 0.3) is 0 Å². The summed E-state index contributed by atoms with van der Waals surface area (Å²) in [5, 5.41) is 19.5. The lowest BCUT2D eigenvalue weighted by molar-refractivity contribution is 0.0167. The van der Waals surface area contributed by atoms with Crippen molar-refractivity contribution in [1.82, 2.24) is 19.7 Å². The van der Waals surface area contributed by atoms with Crippen LogP contribution in [0.2, 0.25) is 0 Å². The zero-order chi connectivity index (χ0) is 16.6. The van der Waals surface area contributed by atoms with Gasteiger partial charge < -0.3 is 10.4 Å². The summed E-state index contributed by atoms with van der Waals surface area (Å²) in [5.74, 6) is 2.22. The van der Waals surface area contributed by atoms with Crippen molar-refractivity contribution >= 4 is 16.9 Å². The van der Waals surface area contributed by atoms with Crippen LogP contribution in [0, 0.1) is 0 Å². The first-order valence-corrected chi connectivity index (χ1v) is 9.31. The van der Waals surface area contributed by atoms with Gasteiger partial charge in [-0.2, -0.15) is 5.10 Å². The number of aryl methyl sites for hydroxylation is 1. The third-order valence-electron chi connectivity index (χ3n) is 5.70. The zero-order valence-electron chi connectivity index (χ0n) is 14.5. The maximum atomic E-state index is 10.8. The van der Waals surface area contributed by atoms with Crippen LogP contribution in [-0.2, 0) is 7.05 Å². The van der Waals surface area contributed by atoms with E-state index in [0.29, 0.717) is 12.5 Å². The molecule has 2 aromatic heterocycles. The Labute approximate surface area is 142 Å². The molecule has 4 rings (SSSR count). The van der Waals surface area contributed by atoms with E-state index in [1.54, 1.807) is 0 Å². The van der Waals surface area contributed by atoms with E-state index in [9.17, 15) is 5.11 Å². The maximum absolute atomic E-state index is 10.8. The maximum Gasteiger partial charge on any atom is 0.163 e. The highest BCUT2D eigenvalue weighted by atomic mass is 16.3. The average molecular weight is 329 g/mol. The molecule has 2 saturated carbocycles. The minimum absolute atomic E-state index is 0.461. The third kappa shape index (κ3) is 2.99. The molecule has 0 radical (unpaired) electrons. The second kappa shape index (κ2) is 6.31. The van der Waals surface area contributed by atoms with E-state index in [-0.39, 0.29) is 0 Å². The monoisotopic (exact) mass is 329 g/mol. The molecule has 2 aliphatic rings. The Morgan fingerprint density at radius 3 is 2.67 bits per heavy atom. The van der Waals surface area contributed by atoms with Crippen LogP contribution >= 0.6 is 0 Å². The molecule has 0 unspecified atom stereocenters. The van der Waals surface area contributed by atoms with Gasteiger partial charge in [-0.05, 0) is 25.7 Å². The highest BCUT2D eigenvalue weighted by Gasteiger charge is 2.29. The normalized spacial score (nSPS) is 21.4. The van der Waals surface area contributed by atoms with Gasteiger partial charge in [0.2, 0.25) is 0 Å². The van der Waals surface area contributed by atoms with Crippen molar-refractivity contribution in [3.63, 3.8) is 0 Å². The molecule has 0 saturated heterocycles. The van der Waals surface area contributed by atoms with Gasteiger partial charge in [0, 0.05) is 19.5 Å². The minimum Gasteiger partial charge on any atom is -0.388 e. The van der Waals surface area contributed by atoms with Gasteiger partial charge in [-0.25, -0.2) is 9.97 Å². The second-order valence-corrected chi connectivity index (χ2v) is 7.56. The average Bonchev–Trinajstić information content (AvgIpc) is 3.24. The first-order valence-electron chi connectivity index (χ1n) is 9.31. The summed E-state index contributed by atoms with van der Waals surface area (Å²) in [7, 11) is 1.92. The fourth-order valence-electron chi connectivity index (χ4n) is 4.18. The Kier molecular flexibility index (Phi) is 4.16. The van der Waals surface area contributed by atoms with Gasteiger partial charge in [-0.1, -0.05) is 32.1 Å². The lowest BCUT2D eigenvalue weighted by atomic mass is 9.85. The van der Waals surface area contributed by atoms with Gasteiger partial charge >= 0.3 is 0 Å². The van der Waals surface area contributed by atoms with E-state index in [4.69, 9.17) is 9.97 Å². The minimum atomic E-state index is -0.606. The quantitative estimate of drug-likeness (QED) is 0.901. The van der Waals surface area contributed by atoms with Crippen LogP contribution in [0.4, 0.5) is 5.82 Å². The largest absolute Gasteiger partial charge is 0.388 e. The van der Waals surface area contributed by atoms with Crippen molar-refractivity contribution in [2.45, 2.75) is 69.3 Å². The fourth-order valence-corrected chi connectivity index (χ4v) is 4.18. The summed E-state index contributed by atoms with van der Waals surface area (Å²) in [4.78, 5) is 9.60. The molecule has 2 fully saturated rings. The molecule has 2 aromatic rings. The molecule has 0 spiro atoms. The number of nitrogens with zero attached hydrogens (tertiary/aromatic N) is 4. The molecule has 0 aliphatic heterocycles. The highest BCUT2D eigenvalue weighted by Crippen LogP contribution is 2.34. The van der Waals surface area contributed by atoms with Crippen LogP contribution < -0.4 is 5.32 Å². The summed E-state index contributed by atoms with van der Waals surface area (Å²) >= 11 is 0. The van der Waals surface area contributed by atoms with E-state index in [1.807, 2.05) is 17.9 Å². The number of fused-ring (bicyclic) bond motifs is 1. The Morgan fingerprint density at radius 2 is 1.92 bits per heavy atom. The fraction of sp³-hybridized carbons (Fsp3) is 0.722. The van der Waals surface area contributed by atoms with Gasteiger partial charge in [0.05, 0.1) is 17.2 Å². The number of hydrogen-bond acceptors (Lipinski definition) is 5. The predicted octanol–water partition coefficient (Wildman–Crippen LogP) is 3.13. The highest BCUT2D eigenvalue weighted by molar-refractivity contribution is 5.86. The smallest absolute Gasteiger partial charge is 0.163 e. The molecule has 130 valence electrons. The molecule has 24 heavy (non-hydrogen) atoms. The van der Waals surface area contributed by atoms with E-state index in [0.717, 1.165) is 48.4 Å². The molecule has 2 aliphatic carbocycles. The van der Waals surface area contributed by atoms with Crippen LogP contribution in [0.1, 0.15) is 69.5 Å². The van der Waals surface area contributed by atoms with Crippen LogP contribution in [-0.4, -0.2) is 37.0 Å². The number of aromatic nitrogens is 4. The third-order valence-corrected chi connectivity index (χ3v) is 5.70. The van der Waals surface area contributed by atoms with E-state index in [2.05, 4.69) is 10.4 Å². The summed E-state index contributed by atoms with van der Waals surface area (Å²) in [6, 6.07) is 0. The lowest BCUT2D eigenvalue weighted by Gasteiger charge is -2.32. The van der Waals surface area contributed by atoms with Crippen molar-refractivity contribution in [2.24, 2.45) is 7.05 Å². The molecule has 0 aromatic carbocycles. The standard InChI is InChI=1S/C18H27N5O/c1-23-17-14(11-20-23)16(19-12-18(24)9-5-2-6-10-18)21-15(22-17)13-7-3-4-8-13/h11,13,24H,2-10,12H2,1H3,(H,19,21,22). The molecule has 0 atom stereocenters. The number of rotatable bonds is 4. The van der Waals surface area contributed by atoms with Gasteiger partial charge in [-0.15, -0.1) is 0 Å². The lowest BCUT2D eigenvalue weighted by Crippen LogP contribution is -2.39. The van der Waals surface area contributed by atoms with Crippen molar-refractivity contribution < 1.29 is 5.11 Å². The second-order valence-electron chi connectivity index (χ2n) is 7.56. The molecule has 6 heteroatoms. The summed E-state index contributed by atoms with van der Waals surface area (Å²) in [5.41, 5.74) is 0.274.